The van der Waals surface area contributed by atoms with Crippen LogP contribution in [0.4, 0.5) is 0 Å². The average molecular weight is 358 g/mol. The first-order valence-corrected chi connectivity index (χ1v) is 8.97. The molecule has 1 aromatic carbocycles. The maximum atomic E-state index is 12.6. The Bertz CT molecular complexity index is 791. The van der Waals surface area contributed by atoms with E-state index in [1.165, 1.54) is 4.68 Å². The molecule has 3 rings (SSSR count). The average Bonchev–Trinajstić information content (AvgIpc) is 3.00. The van der Waals surface area contributed by atoms with Gasteiger partial charge in [0.25, 0.3) is 0 Å². The lowest BCUT2D eigenvalue weighted by Crippen LogP contribution is -2.22. The van der Waals surface area contributed by atoms with E-state index >= 15 is 0 Å². The summed E-state index contributed by atoms with van der Waals surface area (Å²) in [5.74, 6) is 6.82. The maximum absolute atomic E-state index is 12.6. The molecule has 0 spiro atoms. The van der Waals surface area contributed by atoms with E-state index in [9.17, 15) is 4.79 Å². The fourth-order valence-corrected chi connectivity index (χ4v) is 3.70. The number of nitrogens with two attached hydrogens (primary N) is 1. The summed E-state index contributed by atoms with van der Waals surface area (Å²) < 4.78 is 17.6. The number of hydrogen-bond acceptors (Lipinski definition) is 5. The molecule has 1 aliphatic heterocycles. The van der Waals surface area contributed by atoms with Crippen LogP contribution in [0.1, 0.15) is 47.3 Å². The molecule has 0 amide bonds. The smallest absolute Gasteiger partial charge is 0.357 e. The highest BCUT2D eigenvalue weighted by Crippen LogP contribution is 2.40. The highest BCUT2D eigenvalue weighted by molar-refractivity contribution is 5.93. The van der Waals surface area contributed by atoms with Crippen molar-refractivity contribution >= 4 is 5.97 Å². The van der Waals surface area contributed by atoms with Crippen LogP contribution >= 0.6 is 0 Å². The van der Waals surface area contributed by atoms with Gasteiger partial charge in [0.2, 0.25) is 0 Å². The van der Waals surface area contributed by atoms with Gasteiger partial charge >= 0.3 is 5.97 Å². The van der Waals surface area contributed by atoms with Crippen molar-refractivity contribution in [2.45, 2.75) is 32.6 Å². The Morgan fingerprint density at radius 3 is 2.69 bits per heavy atom. The number of esters is 1. The van der Waals surface area contributed by atoms with E-state index in [-0.39, 0.29) is 11.9 Å². The van der Waals surface area contributed by atoms with Crippen LogP contribution in [0.5, 0.6) is 5.75 Å². The van der Waals surface area contributed by atoms with Crippen molar-refractivity contribution in [3.8, 4) is 16.9 Å². The van der Waals surface area contributed by atoms with Crippen molar-refractivity contribution < 1.29 is 19.0 Å². The third-order valence-corrected chi connectivity index (χ3v) is 4.96. The molecule has 0 radical (unpaired) electrons. The number of carbonyl (C=O) groups is 1. The third-order valence-electron chi connectivity index (χ3n) is 4.96. The van der Waals surface area contributed by atoms with Crippen LogP contribution in [0.2, 0.25) is 0 Å². The minimum atomic E-state index is -0.386. The molecule has 1 aromatic heterocycles. The van der Waals surface area contributed by atoms with Crippen LogP contribution in [0, 0.1) is 6.92 Å². The zero-order chi connectivity index (χ0) is 18.7. The summed E-state index contributed by atoms with van der Waals surface area (Å²) in [4.78, 5) is 12.6. The molecule has 1 aliphatic rings. The third kappa shape index (κ3) is 3.29. The minimum absolute atomic E-state index is 0.202. The lowest BCUT2D eigenvalue weighted by molar-refractivity contribution is 0.0509. The quantitative estimate of drug-likeness (QED) is 0.656. The molecule has 1 fully saturated rings. The summed E-state index contributed by atoms with van der Waals surface area (Å²) in [6.07, 6.45) is 3.53. The van der Waals surface area contributed by atoms with E-state index < -0.39 is 0 Å². The number of hydrogen-bond donors (Lipinski definition) is 1. The number of nitrogens with zero attached hydrogens (tertiary/aromatic N) is 1. The van der Waals surface area contributed by atoms with Gasteiger partial charge in [-0.3, -0.25) is 4.68 Å². The Kier molecular flexibility index (Phi) is 5.52. The zero-order valence-electron chi connectivity index (χ0n) is 15.6. The first-order valence-electron chi connectivity index (χ1n) is 8.97. The SMILES string of the molecule is CCOC(=O)c1c(C2CCOCC2)c(-c2cccc(OC)c2C)cn1N. The number of carbonyl (C=O) groups excluding carboxylic acids is 1. The van der Waals surface area contributed by atoms with E-state index in [1.54, 1.807) is 14.0 Å². The Labute approximate surface area is 153 Å². The minimum Gasteiger partial charge on any atom is -0.496 e. The topological polar surface area (TPSA) is 75.7 Å². The van der Waals surface area contributed by atoms with Crippen LogP contribution in [-0.2, 0) is 9.47 Å². The summed E-state index contributed by atoms with van der Waals surface area (Å²) in [6, 6.07) is 5.91. The van der Waals surface area contributed by atoms with Gasteiger partial charge in [-0.15, -0.1) is 0 Å². The van der Waals surface area contributed by atoms with Gasteiger partial charge in [-0.05, 0) is 55.4 Å². The van der Waals surface area contributed by atoms with Crippen molar-refractivity contribution in [1.29, 1.82) is 0 Å². The largest absolute Gasteiger partial charge is 0.496 e. The Morgan fingerprint density at radius 2 is 2.04 bits per heavy atom. The Balaban J connectivity index is 2.19. The molecule has 0 saturated carbocycles. The highest BCUT2D eigenvalue weighted by Gasteiger charge is 2.30. The van der Waals surface area contributed by atoms with Crippen LogP contribution < -0.4 is 10.6 Å². The predicted octanol–water partition coefficient (Wildman–Crippen LogP) is 3.26. The second-order valence-corrected chi connectivity index (χ2v) is 6.45. The van der Waals surface area contributed by atoms with E-state index in [2.05, 4.69) is 0 Å². The van der Waals surface area contributed by atoms with Crippen LogP contribution in [-0.4, -0.2) is 37.6 Å². The van der Waals surface area contributed by atoms with Gasteiger partial charge in [0.1, 0.15) is 5.75 Å². The van der Waals surface area contributed by atoms with Crippen LogP contribution in [0.3, 0.4) is 0 Å². The number of benzene rings is 1. The summed E-state index contributed by atoms with van der Waals surface area (Å²) in [5.41, 5.74) is 4.37. The normalized spacial score (nSPS) is 15.0. The van der Waals surface area contributed by atoms with Gasteiger partial charge in [0, 0.05) is 25.0 Å². The van der Waals surface area contributed by atoms with Gasteiger partial charge in [-0.25, -0.2) is 4.79 Å². The van der Waals surface area contributed by atoms with E-state index in [4.69, 9.17) is 20.1 Å². The van der Waals surface area contributed by atoms with E-state index in [0.29, 0.717) is 25.5 Å². The first kappa shape index (κ1) is 18.3. The standard InChI is InChI=1S/C20H26N2O4/c1-4-26-20(23)19-18(14-8-10-25-11-9-14)16(12-22(19)21)15-6-5-7-17(24-3)13(15)2/h5-7,12,14H,4,8-11,21H2,1-3H3. The number of rotatable bonds is 5. The second-order valence-electron chi connectivity index (χ2n) is 6.45. The number of nitrogen functional groups attached to an aromatic ring is 1. The van der Waals surface area contributed by atoms with Gasteiger partial charge in [0.05, 0.1) is 13.7 Å². The number of methoxy groups -OCH3 is 1. The molecule has 0 unspecified atom stereocenters. The maximum Gasteiger partial charge on any atom is 0.357 e. The van der Waals surface area contributed by atoms with E-state index in [0.717, 1.165) is 40.8 Å². The molecular formula is C20H26N2O4. The van der Waals surface area contributed by atoms with Gasteiger partial charge in [-0.1, -0.05) is 12.1 Å². The van der Waals surface area contributed by atoms with Crippen molar-refractivity contribution in [2.75, 3.05) is 32.8 Å². The fraction of sp³-hybridized carbons (Fsp3) is 0.450. The molecule has 2 N–H and O–H groups in total. The Morgan fingerprint density at radius 1 is 1.31 bits per heavy atom. The van der Waals surface area contributed by atoms with E-state index in [1.807, 2.05) is 31.3 Å². The molecule has 140 valence electrons. The van der Waals surface area contributed by atoms with Gasteiger partial charge in [-0.2, -0.15) is 0 Å². The summed E-state index contributed by atoms with van der Waals surface area (Å²) in [5, 5.41) is 0. The predicted molar refractivity (Wildman–Crippen MR) is 100 cm³/mol. The monoisotopic (exact) mass is 358 g/mol. The highest BCUT2D eigenvalue weighted by atomic mass is 16.5. The number of aromatic nitrogens is 1. The fourth-order valence-electron chi connectivity index (χ4n) is 3.70. The molecule has 2 aromatic rings. The van der Waals surface area contributed by atoms with Crippen LogP contribution in [0.15, 0.2) is 24.4 Å². The lowest BCUT2D eigenvalue weighted by atomic mass is 9.86. The molecular weight excluding hydrogens is 332 g/mol. The summed E-state index contributed by atoms with van der Waals surface area (Å²) in [6.45, 7) is 5.48. The molecule has 1 saturated heterocycles. The molecule has 6 heteroatoms. The van der Waals surface area contributed by atoms with Crippen LogP contribution in [0.25, 0.3) is 11.1 Å². The van der Waals surface area contributed by atoms with Crippen molar-refractivity contribution in [3.05, 3.63) is 41.2 Å². The molecule has 2 heterocycles. The zero-order valence-corrected chi connectivity index (χ0v) is 15.6. The second kappa shape index (κ2) is 7.83. The molecule has 26 heavy (non-hydrogen) atoms. The molecule has 0 bridgehead atoms. The Hall–Kier alpha value is -2.47. The molecule has 0 atom stereocenters. The first-order chi connectivity index (χ1) is 12.6. The lowest BCUT2D eigenvalue weighted by Gasteiger charge is -2.24. The van der Waals surface area contributed by atoms with Gasteiger partial charge < -0.3 is 20.1 Å². The number of ether oxygens (including phenoxy) is 3. The summed E-state index contributed by atoms with van der Waals surface area (Å²) >= 11 is 0. The molecule has 6 nitrogen and oxygen atoms in total. The summed E-state index contributed by atoms with van der Waals surface area (Å²) in [7, 11) is 1.66. The molecule has 0 aliphatic carbocycles. The van der Waals surface area contributed by atoms with Crippen molar-refractivity contribution in [1.82, 2.24) is 4.68 Å². The van der Waals surface area contributed by atoms with Crippen molar-refractivity contribution in [3.63, 3.8) is 0 Å². The van der Waals surface area contributed by atoms with Gasteiger partial charge in [0.15, 0.2) is 5.69 Å². The van der Waals surface area contributed by atoms with Crippen molar-refractivity contribution in [2.24, 2.45) is 0 Å².